The maximum atomic E-state index is 12.6. The van der Waals surface area contributed by atoms with Crippen LogP contribution in [0.1, 0.15) is 30.1 Å². The Kier molecular flexibility index (Phi) is 8.30. The van der Waals surface area contributed by atoms with Crippen molar-refractivity contribution >= 4 is 47.4 Å². The van der Waals surface area contributed by atoms with Crippen LogP contribution < -0.4 is 5.73 Å². The maximum Gasteiger partial charge on any atom is 0.257 e. The molecule has 1 aliphatic rings. The van der Waals surface area contributed by atoms with Gasteiger partial charge in [0.05, 0.1) is 15.6 Å². The summed E-state index contributed by atoms with van der Waals surface area (Å²) in [7, 11) is 0. The van der Waals surface area contributed by atoms with Crippen molar-refractivity contribution in [2.45, 2.75) is 25.8 Å². The van der Waals surface area contributed by atoms with Gasteiger partial charge in [-0.2, -0.15) is 0 Å². The highest BCUT2D eigenvalue weighted by Gasteiger charge is 2.27. The highest BCUT2D eigenvalue weighted by Crippen LogP contribution is 2.26. The van der Waals surface area contributed by atoms with Crippen LogP contribution in [-0.4, -0.2) is 53.8 Å². The smallest absolute Gasteiger partial charge is 0.257 e. The lowest BCUT2D eigenvalue weighted by Gasteiger charge is -2.35. The molecule has 24 heavy (non-hydrogen) atoms. The minimum absolute atomic E-state index is 0. The molecule has 0 spiro atoms. The summed E-state index contributed by atoms with van der Waals surface area (Å²) in [5.41, 5.74) is 6.00. The van der Waals surface area contributed by atoms with E-state index in [-0.39, 0.29) is 30.3 Å². The van der Waals surface area contributed by atoms with E-state index in [0.29, 0.717) is 54.6 Å². The highest BCUT2D eigenvalue weighted by molar-refractivity contribution is 6.39. The number of amides is 2. The average molecular weight is 395 g/mol. The second-order valence-electron chi connectivity index (χ2n) is 5.79. The second-order valence-corrected chi connectivity index (χ2v) is 6.60. The van der Waals surface area contributed by atoms with Gasteiger partial charge in [-0.25, -0.2) is 0 Å². The van der Waals surface area contributed by atoms with Crippen molar-refractivity contribution in [1.29, 1.82) is 0 Å². The van der Waals surface area contributed by atoms with Crippen molar-refractivity contribution in [3.63, 3.8) is 0 Å². The molecule has 0 saturated carbocycles. The van der Waals surface area contributed by atoms with E-state index in [1.165, 1.54) is 0 Å². The van der Waals surface area contributed by atoms with Gasteiger partial charge in [0.1, 0.15) is 0 Å². The Morgan fingerprint density at radius 3 is 2.12 bits per heavy atom. The van der Waals surface area contributed by atoms with Crippen LogP contribution in [0.3, 0.4) is 0 Å². The van der Waals surface area contributed by atoms with Crippen molar-refractivity contribution in [3.8, 4) is 0 Å². The zero-order valence-corrected chi connectivity index (χ0v) is 15.8. The zero-order chi connectivity index (χ0) is 17.0. The molecule has 2 rings (SSSR count). The van der Waals surface area contributed by atoms with Gasteiger partial charge in [0.2, 0.25) is 5.91 Å². The summed E-state index contributed by atoms with van der Waals surface area (Å²) in [4.78, 5) is 28.1. The molecule has 1 unspecified atom stereocenters. The van der Waals surface area contributed by atoms with Gasteiger partial charge in [0.25, 0.3) is 5.91 Å². The topological polar surface area (TPSA) is 66.6 Å². The minimum atomic E-state index is -0.191. The number of nitrogens with zero attached hydrogens (tertiary/aromatic N) is 2. The number of carbonyl (C=O) groups excluding carboxylic acids is 2. The Bertz CT molecular complexity index is 568. The number of nitrogens with two attached hydrogens (primary N) is 1. The van der Waals surface area contributed by atoms with Crippen LogP contribution in [0.5, 0.6) is 0 Å². The molecule has 0 aromatic heterocycles. The van der Waals surface area contributed by atoms with Crippen LogP contribution >= 0.6 is 35.6 Å². The van der Waals surface area contributed by atoms with Crippen LogP contribution in [0, 0.1) is 0 Å². The summed E-state index contributed by atoms with van der Waals surface area (Å²) in [6, 6.07) is 5.02. The van der Waals surface area contributed by atoms with Crippen molar-refractivity contribution < 1.29 is 9.59 Å². The fraction of sp³-hybridized carbons (Fsp3) is 0.500. The summed E-state index contributed by atoms with van der Waals surface area (Å²) in [5.74, 6) is -0.103. The Balaban J connectivity index is 0.00000288. The van der Waals surface area contributed by atoms with Crippen LogP contribution in [0.4, 0.5) is 0 Å². The molecule has 1 heterocycles. The molecule has 1 aromatic rings. The summed E-state index contributed by atoms with van der Waals surface area (Å²) in [6.45, 7) is 3.88. The molecule has 0 aliphatic carbocycles. The van der Waals surface area contributed by atoms with Gasteiger partial charge in [0.15, 0.2) is 0 Å². The van der Waals surface area contributed by atoms with Crippen molar-refractivity contribution in [3.05, 3.63) is 33.8 Å². The Morgan fingerprint density at radius 1 is 1.12 bits per heavy atom. The van der Waals surface area contributed by atoms with Crippen molar-refractivity contribution in [1.82, 2.24) is 9.80 Å². The van der Waals surface area contributed by atoms with E-state index in [4.69, 9.17) is 28.9 Å². The van der Waals surface area contributed by atoms with Crippen molar-refractivity contribution in [2.24, 2.45) is 5.73 Å². The molecule has 1 atom stereocenters. The molecule has 1 aliphatic heterocycles. The lowest BCUT2D eigenvalue weighted by atomic mass is 10.1. The average Bonchev–Trinajstić information content (AvgIpc) is 2.52. The van der Waals surface area contributed by atoms with E-state index in [9.17, 15) is 9.59 Å². The molecule has 2 amide bonds. The van der Waals surface area contributed by atoms with Gasteiger partial charge >= 0.3 is 0 Å². The molecule has 134 valence electrons. The first-order chi connectivity index (χ1) is 10.9. The second kappa shape index (κ2) is 9.47. The van der Waals surface area contributed by atoms with E-state index < -0.39 is 0 Å². The molecule has 1 fully saturated rings. The zero-order valence-electron chi connectivity index (χ0n) is 13.5. The first-order valence-electron chi connectivity index (χ1n) is 7.66. The maximum absolute atomic E-state index is 12.6. The van der Waals surface area contributed by atoms with Crippen LogP contribution in [-0.2, 0) is 4.79 Å². The fourth-order valence-electron chi connectivity index (χ4n) is 2.53. The van der Waals surface area contributed by atoms with Crippen LogP contribution in [0.15, 0.2) is 18.2 Å². The van der Waals surface area contributed by atoms with E-state index in [0.717, 1.165) is 0 Å². The van der Waals surface area contributed by atoms with E-state index >= 15 is 0 Å². The van der Waals surface area contributed by atoms with Gasteiger partial charge in [-0.3, -0.25) is 9.59 Å². The normalized spacial score (nSPS) is 15.7. The largest absolute Gasteiger partial charge is 0.339 e. The number of piperazine rings is 1. The third kappa shape index (κ3) is 5.24. The standard InChI is InChI=1S/C16H21Cl2N3O2.ClH/c1-11(19)5-6-14(22)20-7-9-21(10-8-20)16(23)15-12(17)3-2-4-13(15)18;/h2-4,11H,5-10,19H2,1H3;1H. The Labute approximate surface area is 158 Å². The molecular formula is C16H22Cl3N3O2. The third-order valence-corrected chi connectivity index (χ3v) is 4.54. The first kappa shape index (κ1) is 21.0. The molecule has 5 nitrogen and oxygen atoms in total. The van der Waals surface area contributed by atoms with Crippen LogP contribution in [0.2, 0.25) is 10.0 Å². The van der Waals surface area contributed by atoms with Gasteiger partial charge in [-0.1, -0.05) is 29.3 Å². The van der Waals surface area contributed by atoms with Crippen molar-refractivity contribution in [2.75, 3.05) is 26.2 Å². The summed E-state index contributed by atoms with van der Waals surface area (Å²) in [6.07, 6.45) is 1.12. The molecular weight excluding hydrogens is 373 g/mol. The quantitative estimate of drug-likeness (QED) is 0.854. The third-order valence-electron chi connectivity index (χ3n) is 3.91. The Hall–Kier alpha value is -1.01. The number of carbonyl (C=O) groups is 2. The molecule has 1 saturated heterocycles. The molecule has 8 heteroatoms. The molecule has 0 bridgehead atoms. The lowest BCUT2D eigenvalue weighted by molar-refractivity contribution is -0.132. The number of hydrogen-bond donors (Lipinski definition) is 1. The predicted molar refractivity (Wildman–Crippen MR) is 99.1 cm³/mol. The molecule has 0 radical (unpaired) electrons. The van der Waals surface area contributed by atoms with E-state index in [1.54, 1.807) is 28.0 Å². The van der Waals surface area contributed by atoms with Crippen LogP contribution in [0.25, 0.3) is 0 Å². The lowest BCUT2D eigenvalue weighted by Crippen LogP contribution is -2.50. The summed E-state index contributed by atoms with van der Waals surface area (Å²) in [5, 5.41) is 0.691. The molecule has 1 aromatic carbocycles. The SMILES string of the molecule is CC(N)CCC(=O)N1CCN(C(=O)c2c(Cl)cccc2Cl)CC1.Cl. The van der Waals surface area contributed by atoms with Gasteiger partial charge in [-0.15, -0.1) is 12.4 Å². The monoisotopic (exact) mass is 393 g/mol. The van der Waals surface area contributed by atoms with E-state index in [1.807, 2.05) is 6.92 Å². The van der Waals surface area contributed by atoms with Gasteiger partial charge in [-0.05, 0) is 25.5 Å². The summed E-state index contributed by atoms with van der Waals surface area (Å²) < 4.78 is 0. The minimum Gasteiger partial charge on any atom is -0.339 e. The number of rotatable bonds is 4. The summed E-state index contributed by atoms with van der Waals surface area (Å²) >= 11 is 12.2. The number of hydrogen-bond acceptors (Lipinski definition) is 3. The predicted octanol–water partition coefficient (Wildman–Crippen LogP) is 2.83. The first-order valence-corrected chi connectivity index (χ1v) is 8.42. The highest BCUT2D eigenvalue weighted by atomic mass is 35.5. The van der Waals surface area contributed by atoms with E-state index in [2.05, 4.69) is 0 Å². The molecule has 2 N–H and O–H groups in total. The number of benzene rings is 1. The van der Waals surface area contributed by atoms with Gasteiger partial charge in [0, 0.05) is 38.6 Å². The fourth-order valence-corrected chi connectivity index (χ4v) is 3.09. The number of halogens is 3. The van der Waals surface area contributed by atoms with Gasteiger partial charge < -0.3 is 15.5 Å². The Morgan fingerprint density at radius 2 is 1.62 bits per heavy atom.